The number of amides is 2. The van der Waals surface area contributed by atoms with Crippen molar-refractivity contribution < 1.29 is 36.6 Å². The SMILES string of the molecule is COc1cc(F)ccc1Oc1nnc(C(F)(F)F)cc1C(=O)Nc1ccc(C(N)=O)nc1. The number of rotatable bonds is 6. The molecule has 0 bridgehead atoms. The molecule has 2 heterocycles. The number of carbonyl (C=O) groups excluding carboxylic acids is 2. The van der Waals surface area contributed by atoms with Gasteiger partial charge < -0.3 is 20.5 Å². The van der Waals surface area contributed by atoms with Gasteiger partial charge in [-0.2, -0.15) is 13.2 Å². The van der Waals surface area contributed by atoms with E-state index in [4.69, 9.17) is 15.2 Å². The quantitative estimate of drug-likeness (QED) is 0.551. The molecule has 0 atom stereocenters. The number of benzene rings is 1. The van der Waals surface area contributed by atoms with Crippen LogP contribution in [0.15, 0.2) is 42.6 Å². The molecule has 1 aromatic carbocycles. The molecule has 9 nitrogen and oxygen atoms in total. The van der Waals surface area contributed by atoms with Crippen LogP contribution in [0.1, 0.15) is 26.5 Å². The molecule has 0 aliphatic heterocycles. The first kappa shape index (κ1) is 22.4. The summed E-state index contributed by atoms with van der Waals surface area (Å²) < 4.78 is 63.1. The Balaban J connectivity index is 1.98. The van der Waals surface area contributed by atoms with Gasteiger partial charge in [-0.1, -0.05) is 0 Å². The third kappa shape index (κ3) is 5.06. The number of nitrogens with two attached hydrogens (primary N) is 1. The number of hydrogen-bond donors (Lipinski definition) is 2. The van der Waals surface area contributed by atoms with Gasteiger partial charge in [0.15, 0.2) is 17.2 Å². The van der Waals surface area contributed by atoms with Gasteiger partial charge in [0.25, 0.3) is 17.7 Å². The molecule has 0 aliphatic rings. The lowest BCUT2D eigenvalue weighted by atomic mass is 10.2. The molecule has 0 fully saturated rings. The number of primary amides is 1. The summed E-state index contributed by atoms with van der Waals surface area (Å²) in [5.41, 5.74) is 2.98. The van der Waals surface area contributed by atoms with Crippen molar-refractivity contribution in [3.63, 3.8) is 0 Å². The van der Waals surface area contributed by atoms with E-state index in [9.17, 15) is 27.2 Å². The van der Waals surface area contributed by atoms with E-state index in [1.54, 1.807) is 0 Å². The van der Waals surface area contributed by atoms with Gasteiger partial charge in [-0.3, -0.25) is 9.59 Å². The molecule has 0 aliphatic carbocycles. The molecule has 166 valence electrons. The summed E-state index contributed by atoms with van der Waals surface area (Å²) in [6.45, 7) is 0. The average molecular weight is 451 g/mol. The summed E-state index contributed by atoms with van der Waals surface area (Å²) in [5, 5.41) is 8.71. The molecule has 13 heteroatoms. The molecule has 0 radical (unpaired) electrons. The highest BCUT2D eigenvalue weighted by Crippen LogP contribution is 2.35. The zero-order chi connectivity index (χ0) is 23.5. The van der Waals surface area contributed by atoms with E-state index in [1.807, 2.05) is 0 Å². The zero-order valence-corrected chi connectivity index (χ0v) is 16.1. The van der Waals surface area contributed by atoms with Crippen LogP contribution in [0.3, 0.4) is 0 Å². The van der Waals surface area contributed by atoms with Crippen LogP contribution in [0, 0.1) is 5.82 Å². The second-order valence-corrected chi connectivity index (χ2v) is 6.09. The van der Waals surface area contributed by atoms with Crippen LogP contribution in [0.25, 0.3) is 0 Å². The minimum Gasteiger partial charge on any atom is -0.493 e. The van der Waals surface area contributed by atoms with Gasteiger partial charge in [0.2, 0.25) is 0 Å². The lowest BCUT2D eigenvalue weighted by Gasteiger charge is -2.14. The van der Waals surface area contributed by atoms with Gasteiger partial charge in [0.05, 0.1) is 19.0 Å². The van der Waals surface area contributed by atoms with Crippen molar-refractivity contribution in [1.82, 2.24) is 15.2 Å². The minimum absolute atomic E-state index is 0.0516. The van der Waals surface area contributed by atoms with Crippen molar-refractivity contribution in [3.05, 3.63) is 65.4 Å². The van der Waals surface area contributed by atoms with E-state index in [-0.39, 0.29) is 22.9 Å². The number of carbonyl (C=O) groups is 2. The molecule has 3 rings (SSSR count). The van der Waals surface area contributed by atoms with Crippen molar-refractivity contribution in [2.45, 2.75) is 6.18 Å². The van der Waals surface area contributed by atoms with Crippen LogP contribution < -0.4 is 20.5 Å². The van der Waals surface area contributed by atoms with Crippen LogP contribution in [0.2, 0.25) is 0 Å². The fraction of sp³-hybridized carbons (Fsp3) is 0.105. The number of nitrogens with zero attached hydrogens (tertiary/aromatic N) is 3. The van der Waals surface area contributed by atoms with Gasteiger partial charge in [0, 0.05) is 6.07 Å². The Kier molecular flexibility index (Phi) is 6.18. The molecule has 0 unspecified atom stereocenters. The van der Waals surface area contributed by atoms with E-state index in [0.29, 0.717) is 6.07 Å². The van der Waals surface area contributed by atoms with Crippen molar-refractivity contribution in [2.75, 3.05) is 12.4 Å². The largest absolute Gasteiger partial charge is 0.493 e. The number of hydrogen-bond acceptors (Lipinski definition) is 7. The zero-order valence-electron chi connectivity index (χ0n) is 16.1. The van der Waals surface area contributed by atoms with Gasteiger partial charge in [0.1, 0.15) is 17.1 Å². The third-order valence-corrected chi connectivity index (χ3v) is 3.90. The first-order chi connectivity index (χ1) is 15.1. The van der Waals surface area contributed by atoms with E-state index < -0.39 is 40.9 Å². The second kappa shape index (κ2) is 8.83. The number of halogens is 4. The Labute approximate surface area is 177 Å². The van der Waals surface area contributed by atoms with Crippen LogP contribution in [0.5, 0.6) is 17.4 Å². The second-order valence-electron chi connectivity index (χ2n) is 6.09. The molecule has 0 spiro atoms. The topological polar surface area (TPSA) is 129 Å². The Morgan fingerprint density at radius 3 is 2.41 bits per heavy atom. The maximum absolute atomic E-state index is 13.4. The first-order valence-electron chi connectivity index (χ1n) is 8.62. The number of alkyl halides is 3. The van der Waals surface area contributed by atoms with Crippen molar-refractivity contribution in [3.8, 4) is 17.4 Å². The number of anilines is 1. The highest BCUT2D eigenvalue weighted by Gasteiger charge is 2.35. The summed E-state index contributed by atoms with van der Waals surface area (Å²) in [6, 6.07) is 6.05. The molecule has 2 amide bonds. The van der Waals surface area contributed by atoms with Crippen LogP contribution >= 0.6 is 0 Å². The van der Waals surface area contributed by atoms with Crippen LogP contribution in [0.4, 0.5) is 23.2 Å². The van der Waals surface area contributed by atoms with Crippen LogP contribution in [-0.2, 0) is 6.18 Å². The van der Waals surface area contributed by atoms with Crippen LogP contribution in [-0.4, -0.2) is 34.1 Å². The van der Waals surface area contributed by atoms with Crippen molar-refractivity contribution >= 4 is 17.5 Å². The Bertz CT molecular complexity index is 1170. The fourth-order valence-corrected chi connectivity index (χ4v) is 2.40. The summed E-state index contributed by atoms with van der Waals surface area (Å²) >= 11 is 0. The molecular weight excluding hydrogens is 438 g/mol. The number of pyridine rings is 1. The summed E-state index contributed by atoms with van der Waals surface area (Å²) in [6.07, 6.45) is -3.81. The van der Waals surface area contributed by atoms with Gasteiger partial charge in [-0.25, -0.2) is 9.37 Å². The van der Waals surface area contributed by atoms with E-state index >= 15 is 0 Å². The molecule has 2 aromatic heterocycles. The maximum Gasteiger partial charge on any atom is 0.435 e. The Morgan fingerprint density at radius 2 is 1.81 bits per heavy atom. The highest BCUT2D eigenvalue weighted by molar-refractivity contribution is 6.06. The minimum atomic E-state index is -4.89. The van der Waals surface area contributed by atoms with E-state index in [0.717, 1.165) is 24.4 Å². The summed E-state index contributed by atoms with van der Waals surface area (Å²) in [5.74, 6) is -3.32. The maximum atomic E-state index is 13.4. The van der Waals surface area contributed by atoms with Gasteiger partial charge in [-0.05, 0) is 30.3 Å². The fourth-order valence-electron chi connectivity index (χ4n) is 2.40. The predicted octanol–water partition coefficient (Wildman–Crippen LogP) is 3.18. The molecule has 0 saturated heterocycles. The number of aromatic nitrogens is 3. The molecule has 3 N–H and O–H groups in total. The molecular formula is C19H13F4N5O4. The predicted molar refractivity (Wildman–Crippen MR) is 101 cm³/mol. The lowest BCUT2D eigenvalue weighted by molar-refractivity contribution is -0.141. The highest BCUT2D eigenvalue weighted by atomic mass is 19.4. The number of nitrogens with one attached hydrogen (secondary N) is 1. The number of ether oxygens (including phenoxy) is 2. The number of methoxy groups -OCH3 is 1. The van der Waals surface area contributed by atoms with Gasteiger partial charge in [-0.15, -0.1) is 10.2 Å². The van der Waals surface area contributed by atoms with Crippen molar-refractivity contribution in [2.24, 2.45) is 5.73 Å². The monoisotopic (exact) mass is 451 g/mol. The molecule has 0 saturated carbocycles. The summed E-state index contributed by atoms with van der Waals surface area (Å²) in [7, 11) is 1.22. The van der Waals surface area contributed by atoms with Gasteiger partial charge >= 0.3 is 6.18 Å². The summed E-state index contributed by atoms with van der Waals surface area (Å²) in [4.78, 5) is 27.5. The smallest absolute Gasteiger partial charge is 0.435 e. The lowest BCUT2D eigenvalue weighted by Crippen LogP contribution is -2.18. The van der Waals surface area contributed by atoms with E-state index in [1.165, 1.54) is 19.2 Å². The Morgan fingerprint density at radius 1 is 1.06 bits per heavy atom. The average Bonchev–Trinajstić information content (AvgIpc) is 2.74. The molecule has 3 aromatic rings. The van der Waals surface area contributed by atoms with Crippen molar-refractivity contribution in [1.29, 1.82) is 0 Å². The van der Waals surface area contributed by atoms with E-state index in [2.05, 4.69) is 20.5 Å². The Hall–Kier alpha value is -4.29. The standard InChI is InChI=1S/C19H13F4N5O4/c1-31-14-6-9(20)2-5-13(14)32-18-11(7-15(27-28-18)19(21,22)23)17(30)26-10-3-4-12(16(24)29)25-8-10/h2-8H,1H3,(H2,24,29)(H,26,30). The first-order valence-corrected chi connectivity index (χ1v) is 8.62. The third-order valence-electron chi connectivity index (χ3n) is 3.90. The normalized spacial score (nSPS) is 11.0. The molecule has 32 heavy (non-hydrogen) atoms.